The Hall–Kier alpha value is -1.83. The molecule has 1 saturated carbocycles. The highest BCUT2D eigenvalue weighted by atomic mass is 16.4. The SMILES string of the molecule is O=C(O)C1(CC2=CC2C(O)CC2=C=CC=CC=C2)CCCCC1. The van der Waals surface area contributed by atoms with Crippen molar-refractivity contribution in [2.75, 3.05) is 0 Å². The number of carbonyl (C=O) groups is 1. The lowest BCUT2D eigenvalue weighted by molar-refractivity contribution is -0.151. The van der Waals surface area contributed by atoms with E-state index in [9.17, 15) is 15.0 Å². The zero-order valence-corrected chi connectivity index (χ0v) is 13.4. The van der Waals surface area contributed by atoms with Crippen LogP contribution in [0.3, 0.4) is 0 Å². The first-order valence-corrected chi connectivity index (χ1v) is 8.52. The summed E-state index contributed by atoms with van der Waals surface area (Å²) < 4.78 is 0. The van der Waals surface area contributed by atoms with Gasteiger partial charge in [-0.2, -0.15) is 0 Å². The Kier molecular flexibility index (Phi) is 4.70. The molecule has 2 unspecified atom stereocenters. The third-order valence-corrected chi connectivity index (χ3v) is 5.25. The van der Waals surface area contributed by atoms with E-state index in [1.165, 1.54) is 0 Å². The molecule has 0 heterocycles. The van der Waals surface area contributed by atoms with Gasteiger partial charge in [0.05, 0.1) is 11.5 Å². The lowest BCUT2D eigenvalue weighted by atomic mass is 9.71. The summed E-state index contributed by atoms with van der Waals surface area (Å²) in [6.07, 6.45) is 17.0. The van der Waals surface area contributed by atoms with Crippen molar-refractivity contribution in [3.05, 3.63) is 53.3 Å². The molecule has 0 amide bonds. The second-order valence-electron chi connectivity index (χ2n) is 6.94. The van der Waals surface area contributed by atoms with Crippen LogP contribution in [0.1, 0.15) is 44.9 Å². The standard InChI is InChI=1S/C20H24O3/c21-18(12-15-8-4-1-2-5-9-15)17-13-16(17)14-20(19(22)23)10-6-3-7-11-20/h1-2,4-5,8,13,17-18,21H,3,6-7,10-12,14H2,(H,22,23). The number of allylic oxidation sites excluding steroid dienone is 4. The quantitative estimate of drug-likeness (QED) is 0.577. The molecule has 23 heavy (non-hydrogen) atoms. The normalized spacial score (nSPS) is 26.2. The first-order chi connectivity index (χ1) is 11.1. The molecule has 0 aromatic heterocycles. The molecule has 3 nitrogen and oxygen atoms in total. The van der Waals surface area contributed by atoms with Gasteiger partial charge < -0.3 is 10.2 Å². The fraction of sp³-hybridized carbons (Fsp3) is 0.500. The highest BCUT2D eigenvalue weighted by molar-refractivity contribution is 5.75. The van der Waals surface area contributed by atoms with Crippen LogP contribution in [0.2, 0.25) is 0 Å². The van der Waals surface area contributed by atoms with Gasteiger partial charge in [-0.3, -0.25) is 4.79 Å². The average Bonchev–Trinajstić information content (AvgIpc) is 3.32. The highest BCUT2D eigenvalue weighted by Gasteiger charge is 2.44. The van der Waals surface area contributed by atoms with Crippen LogP contribution in [0.15, 0.2) is 53.3 Å². The molecule has 2 N–H and O–H groups in total. The topological polar surface area (TPSA) is 57.5 Å². The Bertz CT molecular complexity index is 623. The Morgan fingerprint density at radius 3 is 2.78 bits per heavy atom. The summed E-state index contributed by atoms with van der Waals surface area (Å²) >= 11 is 0. The third kappa shape index (κ3) is 3.74. The second kappa shape index (κ2) is 6.74. The molecular formula is C20H24O3. The maximum Gasteiger partial charge on any atom is 0.309 e. The van der Waals surface area contributed by atoms with Gasteiger partial charge >= 0.3 is 5.97 Å². The molecule has 122 valence electrons. The molecule has 1 fully saturated rings. The molecule has 0 bridgehead atoms. The van der Waals surface area contributed by atoms with Gasteiger partial charge in [0.1, 0.15) is 0 Å². The van der Waals surface area contributed by atoms with Crippen molar-refractivity contribution in [2.24, 2.45) is 11.3 Å². The summed E-state index contributed by atoms with van der Waals surface area (Å²) in [5.41, 5.74) is 4.67. The number of aliphatic hydroxyl groups is 1. The van der Waals surface area contributed by atoms with Crippen LogP contribution in [0, 0.1) is 11.3 Å². The first kappa shape index (κ1) is 16.0. The molecule has 2 atom stereocenters. The van der Waals surface area contributed by atoms with Gasteiger partial charge in [-0.1, -0.05) is 55.2 Å². The van der Waals surface area contributed by atoms with E-state index in [1.54, 1.807) is 0 Å². The number of carboxylic acid groups (broad SMARTS) is 1. The maximum atomic E-state index is 11.7. The van der Waals surface area contributed by atoms with Crippen LogP contribution in [0.5, 0.6) is 0 Å². The summed E-state index contributed by atoms with van der Waals surface area (Å²) in [6, 6.07) is 0. The summed E-state index contributed by atoms with van der Waals surface area (Å²) in [4.78, 5) is 11.7. The van der Waals surface area contributed by atoms with E-state index in [0.29, 0.717) is 12.8 Å². The Morgan fingerprint density at radius 2 is 2.04 bits per heavy atom. The highest BCUT2D eigenvalue weighted by Crippen LogP contribution is 2.48. The predicted octanol–water partition coefficient (Wildman–Crippen LogP) is 3.93. The van der Waals surface area contributed by atoms with Crippen LogP contribution in [-0.4, -0.2) is 22.3 Å². The van der Waals surface area contributed by atoms with E-state index in [1.807, 2.05) is 36.5 Å². The van der Waals surface area contributed by atoms with Gasteiger partial charge in [0.15, 0.2) is 0 Å². The van der Waals surface area contributed by atoms with E-state index in [4.69, 9.17) is 0 Å². The van der Waals surface area contributed by atoms with E-state index in [0.717, 1.165) is 43.3 Å². The largest absolute Gasteiger partial charge is 0.481 e. The van der Waals surface area contributed by atoms with Crippen molar-refractivity contribution in [1.82, 2.24) is 0 Å². The Morgan fingerprint density at radius 1 is 1.26 bits per heavy atom. The monoisotopic (exact) mass is 312 g/mol. The third-order valence-electron chi connectivity index (χ3n) is 5.25. The van der Waals surface area contributed by atoms with Crippen molar-refractivity contribution in [2.45, 2.75) is 51.0 Å². The van der Waals surface area contributed by atoms with Crippen molar-refractivity contribution in [3.63, 3.8) is 0 Å². The minimum atomic E-state index is -0.665. The number of hydrogen-bond donors (Lipinski definition) is 2. The molecule has 0 spiro atoms. The van der Waals surface area contributed by atoms with Crippen molar-refractivity contribution in [1.29, 1.82) is 0 Å². The smallest absolute Gasteiger partial charge is 0.309 e. The van der Waals surface area contributed by atoms with Gasteiger partial charge in [-0.15, -0.1) is 5.73 Å². The van der Waals surface area contributed by atoms with Crippen LogP contribution in [-0.2, 0) is 4.79 Å². The fourth-order valence-corrected chi connectivity index (χ4v) is 3.78. The molecule has 0 saturated heterocycles. The molecule has 0 radical (unpaired) electrons. The maximum absolute atomic E-state index is 11.7. The zero-order valence-electron chi connectivity index (χ0n) is 13.4. The molecular weight excluding hydrogens is 288 g/mol. The van der Waals surface area contributed by atoms with Gasteiger partial charge in [0.25, 0.3) is 0 Å². The number of aliphatic hydroxyl groups excluding tert-OH is 1. The number of aliphatic carboxylic acids is 1. The lowest BCUT2D eigenvalue weighted by Gasteiger charge is -2.33. The number of carboxylic acids is 1. The number of hydrogen-bond acceptors (Lipinski definition) is 2. The summed E-state index contributed by atoms with van der Waals surface area (Å²) in [7, 11) is 0. The molecule has 3 rings (SSSR count). The summed E-state index contributed by atoms with van der Waals surface area (Å²) in [5.74, 6) is -0.617. The minimum Gasteiger partial charge on any atom is -0.481 e. The van der Waals surface area contributed by atoms with Crippen LogP contribution < -0.4 is 0 Å². The summed E-state index contributed by atoms with van der Waals surface area (Å²) in [5, 5.41) is 20.1. The van der Waals surface area contributed by atoms with Crippen molar-refractivity contribution < 1.29 is 15.0 Å². The van der Waals surface area contributed by atoms with Gasteiger partial charge in [0, 0.05) is 12.3 Å². The Balaban J connectivity index is 1.57. The van der Waals surface area contributed by atoms with E-state index in [2.05, 4.69) is 5.73 Å². The van der Waals surface area contributed by atoms with Crippen molar-refractivity contribution in [3.8, 4) is 0 Å². The van der Waals surface area contributed by atoms with Gasteiger partial charge in [0.2, 0.25) is 0 Å². The fourth-order valence-electron chi connectivity index (χ4n) is 3.78. The minimum absolute atomic E-state index is 0.0482. The molecule has 0 aromatic carbocycles. The number of rotatable bonds is 6. The van der Waals surface area contributed by atoms with Gasteiger partial charge in [-0.05, 0) is 30.9 Å². The van der Waals surface area contributed by atoms with Crippen molar-refractivity contribution >= 4 is 5.97 Å². The molecule has 0 aliphatic heterocycles. The second-order valence-corrected chi connectivity index (χ2v) is 6.94. The first-order valence-electron chi connectivity index (χ1n) is 8.52. The van der Waals surface area contributed by atoms with Crippen LogP contribution in [0.4, 0.5) is 0 Å². The predicted molar refractivity (Wildman–Crippen MR) is 89.8 cm³/mol. The van der Waals surface area contributed by atoms with E-state index in [-0.39, 0.29) is 5.92 Å². The van der Waals surface area contributed by atoms with Crippen LogP contribution >= 0.6 is 0 Å². The molecule has 3 aliphatic carbocycles. The molecule has 3 aliphatic rings. The van der Waals surface area contributed by atoms with E-state index < -0.39 is 17.5 Å². The Labute approximate surface area is 137 Å². The van der Waals surface area contributed by atoms with Gasteiger partial charge in [-0.25, -0.2) is 0 Å². The average molecular weight is 312 g/mol. The lowest BCUT2D eigenvalue weighted by Crippen LogP contribution is -2.33. The van der Waals surface area contributed by atoms with Crippen LogP contribution in [0.25, 0.3) is 0 Å². The molecule has 0 aromatic rings. The zero-order chi connectivity index (χ0) is 16.3. The summed E-state index contributed by atoms with van der Waals surface area (Å²) in [6.45, 7) is 0. The molecule has 3 heteroatoms. The van der Waals surface area contributed by atoms with E-state index >= 15 is 0 Å².